The molecular formula is C33H39N7O4S. The van der Waals surface area contributed by atoms with Crippen molar-refractivity contribution in [1.29, 1.82) is 5.26 Å². The molecule has 1 aliphatic rings. The lowest BCUT2D eigenvalue weighted by molar-refractivity contribution is -0.121. The van der Waals surface area contributed by atoms with Gasteiger partial charge in [0.05, 0.1) is 18.1 Å². The van der Waals surface area contributed by atoms with Crippen LogP contribution in [0.5, 0.6) is 5.88 Å². The van der Waals surface area contributed by atoms with E-state index >= 15 is 0 Å². The van der Waals surface area contributed by atoms with Crippen molar-refractivity contribution in [2.24, 2.45) is 0 Å². The normalized spacial score (nSPS) is 16.7. The third kappa shape index (κ3) is 6.70. The molecule has 2 aromatic carbocycles. The Balaban J connectivity index is 1.53. The lowest BCUT2D eigenvalue weighted by Gasteiger charge is -2.25. The minimum atomic E-state index is -3.89. The number of nitrogens with zero attached hydrogens (tertiary/aromatic N) is 6. The average Bonchev–Trinajstić information content (AvgIpc) is 3.42. The van der Waals surface area contributed by atoms with E-state index in [0.717, 1.165) is 38.9 Å². The van der Waals surface area contributed by atoms with E-state index in [2.05, 4.69) is 26.7 Å². The van der Waals surface area contributed by atoms with Crippen LogP contribution in [0.2, 0.25) is 0 Å². The van der Waals surface area contributed by atoms with Gasteiger partial charge in [0.15, 0.2) is 0 Å². The Morgan fingerprint density at radius 2 is 2.02 bits per heavy atom. The van der Waals surface area contributed by atoms with Crippen molar-refractivity contribution in [2.75, 3.05) is 13.1 Å². The fourth-order valence-corrected chi connectivity index (χ4v) is 7.33. The Labute approximate surface area is 264 Å². The first kappa shape index (κ1) is 32.1. The van der Waals surface area contributed by atoms with Crippen LogP contribution in [0, 0.1) is 25.2 Å². The third-order valence-electron chi connectivity index (χ3n) is 8.45. The number of nitriles is 1. The van der Waals surface area contributed by atoms with Crippen LogP contribution in [0.3, 0.4) is 0 Å². The zero-order valence-corrected chi connectivity index (χ0v) is 27.0. The number of hydrogen-bond donors (Lipinski definition) is 1. The monoisotopic (exact) mass is 629 g/mol. The number of carbonyl (C=O) groups excluding carboxylic acids is 1. The van der Waals surface area contributed by atoms with Gasteiger partial charge in [0.25, 0.3) is 0 Å². The number of pyridine rings is 1. The molecule has 1 N–H and O–H groups in total. The molecule has 0 saturated heterocycles. The largest absolute Gasteiger partial charge is 0.472 e. The Kier molecular flexibility index (Phi) is 9.80. The molecule has 3 heterocycles. The van der Waals surface area contributed by atoms with Crippen molar-refractivity contribution >= 4 is 27.0 Å². The number of ether oxygens (including phenoxy) is 1. The van der Waals surface area contributed by atoms with Crippen LogP contribution in [0.4, 0.5) is 0 Å². The van der Waals surface area contributed by atoms with Crippen LogP contribution in [-0.4, -0.2) is 57.8 Å². The van der Waals surface area contributed by atoms with Gasteiger partial charge in [0, 0.05) is 44.6 Å². The molecule has 4 aromatic rings. The highest BCUT2D eigenvalue weighted by Gasteiger charge is 2.35. The number of carbonyl (C=O) groups is 1. The average molecular weight is 630 g/mol. The number of fused-ring (bicyclic) bond motifs is 2. The Hall–Kier alpha value is -4.34. The molecule has 0 radical (unpaired) electrons. The predicted octanol–water partition coefficient (Wildman–Crippen LogP) is 4.77. The molecular weight excluding hydrogens is 590 g/mol. The quantitative estimate of drug-likeness (QED) is 0.234. The van der Waals surface area contributed by atoms with Crippen LogP contribution in [0.15, 0.2) is 53.6 Å². The number of aromatic nitrogens is 4. The van der Waals surface area contributed by atoms with Crippen molar-refractivity contribution < 1.29 is 17.9 Å². The minimum absolute atomic E-state index is 0.0600. The summed E-state index contributed by atoms with van der Waals surface area (Å²) in [5.74, 6) is -0.322. The highest BCUT2D eigenvalue weighted by Crippen LogP contribution is 2.36. The molecule has 12 heteroatoms. The molecule has 0 fully saturated rings. The number of unbranched alkanes of at least 4 members (excludes halogenated alkanes) is 1. The van der Waals surface area contributed by atoms with Crippen molar-refractivity contribution in [2.45, 2.75) is 83.4 Å². The molecule has 0 spiro atoms. The van der Waals surface area contributed by atoms with Gasteiger partial charge in [-0.3, -0.25) is 4.79 Å². The second-order valence-electron chi connectivity index (χ2n) is 11.4. The van der Waals surface area contributed by atoms with Gasteiger partial charge in [-0.1, -0.05) is 36.4 Å². The summed E-state index contributed by atoms with van der Waals surface area (Å²) in [4.78, 5) is 17.5. The summed E-state index contributed by atoms with van der Waals surface area (Å²) in [6.07, 6.45) is 2.94. The number of rotatable bonds is 11. The van der Waals surface area contributed by atoms with E-state index in [1.807, 2.05) is 62.7 Å². The van der Waals surface area contributed by atoms with E-state index in [4.69, 9.17) is 10.00 Å². The molecule has 2 aromatic heterocycles. The first-order chi connectivity index (χ1) is 21.7. The van der Waals surface area contributed by atoms with Crippen molar-refractivity contribution in [3.8, 4) is 11.9 Å². The van der Waals surface area contributed by atoms with Gasteiger partial charge in [-0.2, -0.15) is 9.57 Å². The van der Waals surface area contributed by atoms with E-state index in [1.165, 1.54) is 16.6 Å². The lowest BCUT2D eigenvalue weighted by atomic mass is 9.84. The molecule has 11 nitrogen and oxygen atoms in total. The van der Waals surface area contributed by atoms with Gasteiger partial charge in [0.2, 0.25) is 21.8 Å². The highest BCUT2D eigenvalue weighted by atomic mass is 32.2. The zero-order valence-electron chi connectivity index (χ0n) is 26.2. The number of hydrogen-bond acceptors (Lipinski definition) is 8. The highest BCUT2D eigenvalue weighted by molar-refractivity contribution is 7.89. The molecule has 1 aliphatic heterocycles. The van der Waals surface area contributed by atoms with Gasteiger partial charge >= 0.3 is 0 Å². The Bertz CT molecular complexity index is 1850. The maximum absolute atomic E-state index is 13.8. The SMILES string of the molecule is CC[C@@H]1CN(Cc2cc([C@H](CC(=O)NCCCC#N)c3ccc4c(nnn4CC)c3C)ccc2C)S(=O)(=O)c2cccnc2O1. The van der Waals surface area contributed by atoms with Crippen molar-refractivity contribution in [1.82, 2.24) is 29.6 Å². The second-order valence-corrected chi connectivity index (χ2v) is 13.3. The molecule has 2 atom stereocenters. The van der Waals surface area contributed by atoms with Gasteiger partial charge in [-0.15, -0.1) is 5.10 Å². The van der Waals surface area contributed by atoms with Gasteiger partial charge in [-0.25, -0.2) is 18.1 Å². The van der Waals surface area contributed by atoms with Gasteiger partial charge in [0.1, 0.15) is 16.5 Å². The number of nitrogens with one attached hydrogen (secondary N) is 1. The van der Waals surface area contributed by atoms with Crippen molar-refractivity contribution in [3.63, 3.8) is 0 Å². The predicted molar refractivity (Wildman–Crippen MR) is 170 cm³/mol. The van der Waals surface area contributed by atoms with Gasteiger partial charge < -0.3 is 10.1 Å². The summed E-state index contributed by atoms with van der Waals surface area (Å²) in [5.41, 5.74) is 6.29. The second kappa shape index (κ2) is 13.7. The first-order valence-electron chi connectivity index (χ1n) is 15.3. The summed E-state index contributed by atoms with van der Waals surface area (Å²) in [6.45, 7) is 9.38. The summed E-state index contributed by atoms with van der Waals surface area (Å²) in [6, 6.07) is 15.3. The van der Waals surface area contributed by atoms with Crippen LogP contribution in [0.1, 0.15) is 73.3 Å². The van der Waals surface area contributed by atoms with Crippen LogP contribution in [0.25, 0.3) is 11.0 Å². The van der Waals surface area contributed by atoms with Crippen LogP contribution >= 0.6 is 0 Å². The molecule has 0 bridgehead atoms. The minimum Gasteiger partial charge on any atom is -0.472 e. The Morgan fingerprint density at radius 3 is 2.78 bits per heavy atom. The van der Waals surface area contributed by atoms with Crippen molar-refractivity contribution in [3.05, 3.63) is 76.5 Å². The summed E-state index contributed by atoms with van der Waals surface area (Å²) >= 11 is 0. The molecule has 1 amide bonds. The molecule has 236 valence electrons. The van der Waals surface area contributed by atoms with E-state index in [0.29, 0.717) is 32.4 Å². The maximum atomic E-state index is 13.8. The van der Waals surface area contributed by atoms with E-state index in [-0.39, 0.29) is 48.2 Å². The zero-order chi connectivity index (χ0) is 32.1. The molecule has 0 unspecified atom stereocenters. The van der Waals surface area contributed by atoms with E-state index in [1.54, 1.807) is 6.07 Å². The number of amides is 1. The first-order valence-corrected chi connectivity index (χ1v) is 16.8. The van der Waals surface area contributed by atoms with Gasteiger partial charge in [-0.05, 0) is 79.6 Å². The summed E-state index contributed by atoms with van der Waals surface area (Å²) < 4.78 is 37.0. The fraction of sp³-hybridized carbons (Fsp3) is 0.424. The standard InChI is InChI=1S/C33H39N7O4S/c1-5-26-21-39(45(42,43)30-10-9-17-36-33(30)44-26)20-25-18-24(12-11-22(25)3)28(19-31(41)35-16-8-7-15-34)27-13-14-29-32(23(27)4)37-38-40(29)6-2/h9-14,17-18,26,28H,5-8,16,19-21H2,1-4H3,(H,35,41)/t26-,28+/m1/s1. The third-order valence-corrected chi connectivity index (χ3v) is 10.3. The molecule has 0 aliphatic carbocycles. The smallest absolute Gasteiger partial charge is 0.248 e. The summed E-state index contributed by atoms with van der Waals surface area (Å²) in [7, 11) is -3.89. The van der Waals surface area contributed by atoms with E-state index < -0.39 is 10.0 Å². The van der Waals surface area contributed by atoms with E-state index in [9.17, 15) is 13.2 Å². The van der Waals surface area contributed by atoms with Crippen LogP contribution < -0.4 is 10.1 Å². The lowest BCUT2D eigenvalue weighted by Crippen LogP contribution is -2.36. The topological polar surface area (TPSA) is 143 Å². The molecule has 45 heavy (non-hydrogen) atoms. The fourth-order valence-electron chi connectivity index (χ4n) is 5.80. The number of sulfonamides is 1. The number of aryl methyl sites for hydroxylation is 3. The number of benzene rings is 2. The molecule has 0 saturated carbocycles. The maximum Gasteiger partial charge on any atom is 0.248 e. The van der Waals surface area contributed by atoms with Crippen LogP contribution in [-0.2, 0) is 27.9 Å². The summed E-state index contributed by atoms with van der Waals surface area (Å²) in [5, 5.41) is 20.6. The molecule has 5 rings (SSSR count). The Morgan fingerprint density at radius 1 is 1.20 bits per heavy atom.